The second-order valence-corrected chi connectivity index (χ2v) is 9.39. The molecular formula is C20H26N4O4S2. The summed E-state index contributed by atoms with van der Waals surface area (Å²) < 4.78 is 26.3. The molecule has 2 N–H and O–H groups in total. The van der Waals surface area contributed by atoms with E-state index in [4.69, 9.17) is 0 Å². The summed E-state index contributed by atoms with van der Waals surface area (Å²) in [7, 11) is -3.57. The Kier molecular flexibility index (Phi) is 8.39. The van der Waals surface area contributed by atoms with Crippen molar-refractivity contribution in [1.82, 2.24) is 14.6 Å². The van der Waals surface area contributed by atoms with Crippen LogP contribution < -0.4 is 10.6 Å². The summed E-state index contributed by atoms with van der Waals surface area (Å²) in [5.41, 5.74) is 2.60. The fourth-order valence-electron chi connectivity index (χ4n) is 2.66. The molecule has 162 valence electrons. The lowest BCUT2D eigenvalue weighted by atomic mass is 10.1. The van der Waals surface area contributed by atoms with Crippen molar-refractivity contribution >= 4 is 39.4 Å². The number of benzene rings is 1. The number of thioether (sulfide) groups is 1. The second kappa shape index (κ2) is 10.6. The van der Waals surface area contributed by atoms with Gasteiger partial charge in [0.25, 0.3) is 0 Å². The normalized spacial score (nSPS) is 11.4. The van der Waals surface area contributed by atoms with Crippen LogP contribution in [0.25, 0.3) is 0 Å². The molecule has 0 spiro atoms. The Labute approximate surface area is 181 Å². The Morgan fingerprint density at radius 2 is 1.80 bits per heavy atom. The summed E-state index contributed by atoms with van der Waals surface area (Å²) in [5, 5.41) is 5.41. The van der Waals surface area contributed by atoms with Gasteiger partial charge in [0.05, 0.1) is 10.8 Å². The Bertz CT molecular complexity index is 1000. The number of amides is 3. The molecule has 0 bridgehead atoms. The van der Waals surface area contributed by atoms with Crippen LogP contribution >= 0.6 is 11.8 Å². The van der Waals surface area contributed by atoms with E-state index in [1.165, 1.54) is 16.6 Å². The van der Waals surface area contributed by atoms with Crippen LogP contribution in [0.3, 0.4) is 0 Å². The third-order valence-corrected chi connectivity index (χ3v) is 7.49. The smallest absolute Gasteiger partial charge is 0.307 e. The van der Waals surface area contributed by atoms with Crippen LogP contribution in [0.4, 0.5) is 10.5 Å². The standard InChI is InChI=1S/C20H26N4O4S2/c1-5-24(6-2)30(27,28)16-10-11-19(21-12-16)29-13-18(25)23-20(26)22-17-9-7-8-14(3)15(17)4/h7-12H,5-6,13H2,1-4H3,(H2,22,23,25,26). The molecule has 0 fully saturated rings. The first-order chi connectivity index (χ1) is 14.2. The summed E-state index contributed by atoms with van der Waals surface area (Å²) in [6.07, 6.45) is 1.28. The SMILES string of the molecule is CCN(CC)S(=O)(=O)c1ccc(SCC(=O)NC(=O)Nc2cccc(C)c2C)nc1. The number of rotatable bonds is 8. The highest BCUT2D eigenvalue weighted by molar-refractivity contribution is 7.99. The van der Waals surface area contributed by atoms with Crippen molar-refractivity contribution in [2.24, 2.45) is 0 Å². The van der Waals surface area contributed by atoms with Crippen LogP contribution in [0.5, 0.6) is 0 Å². The molecular weight excluding hydrogens is 424 g/mol. The predicted octanol–water partition coefficient (Wildman–Crippen LogP) is 3.17. The van der Waals surface area contributed by atoms with Gasteiger partial charge in [0.1, 0.15) is 4.90 Å². The molecule has 3 amide bonds. The van der Waals surface area contributed by atoms with Gasteiger partial charge in [0.2, 0.25) is 15.9 Å². The van der Waals surface area contributed by atoms with Gasteiger partial charge in [-0.05, 0) is 43.2 Å². The maximum atomic E-state index is 12.5. The molecule has 0 radical (unpaired) electrons. The number of carbonyl (C=O) groups is 2. The number of anilines is 1. The molecule has 0 aliphatic carbocycles. The molecule has 0 aliphatic heterocycles. The van der Waals surface area contributed by atoms with E-state index in [9.17, 15) is 18.0 Å². The maximum absolute atomic E-state index is 12.5. The molecule has 0 atom stereocenters. The molecule has 2 rings (SSSR count). The number of sulfonamides is 1. The monoisotopic (exact) mass is 450 g/mol. The van der Waals surface area contributed by atoms with Gasteiger partial charge in [-0.1, -0.05) is 37.7 Å². The van der Waals surface area contributed by atoms with Gasteiger partial charge in [0, 0.05) is 25.0 Å². The Morgan fingerprint density at radius 3 is 2.40 bits per heavy atom. The molecule has 2 aromatic rings. The minimum Gasteiger partial charge on any atom is -0.307 e. The number of carbonyl (C=O) groups excluding carboxylic acids is 2. The maximum Gasteiger partial charge on any atom is 0.325 e. The van der Waals surface area contributed by atoms with Crippen LogP contribution in [-0.4, -0.2) is 48.5 Å². The first-order valence-electron chi connectivity index (χ1n) is 9.45. The quantitative estimate of drug-likeness (QED) is 0.598. The Hall–Kier alpha value is -2.43. The number of aromatic nitrogens is 1. The first-order valence-corrected chi connectivity index (χ1v) is 11.9. The van der Waals surface area contributed by atoms with E-state index in [0.717, 1.165) is 22.9 Å². The van der Waals surface area contributed by atoms with Crippen molar-refractivity contribution in [3.8, 4) is 0 Å². The number of hydrogen-bond donors (Lipinski definition) is 2. The number of nitrogens with one attached hydrogen (secondary N) is 2. The average Bonchev–Trinajstić information content (AvgIpc) is 2.71. The largest absolute Gasteiger partial charge is 0.325 e. The zero-order valence-corrected chi connectivity index (χ0v) is 19.1. The van der Waals surface area contributed by atoms with Crippen molar-refractivity contribution in [2.45, 2.75) is 37.6 Å². The Morgan fingerprint density at radius 1 is 1.10 bits per heavy atom. The third-order valence-electron chi connectivity index (χ3n) is 4.51. The van der Waals surface area contributed by atoms with E-state index in [1.54, 1.807) is 26.0 Å². The highest BCUT2D eigenvalue weighted by Gasteiger charge is 2.21. The van der Waals surface area contributed by atoms with Crippen LogP contribution in [0.2, 0.25) is 0 Å². The summed E-state index contributed by atoms with van der Waals surface area (Å²) in [6.45, 7) is 8.12. The van der Waals surface area contributed by atoms with Crippen LogP contribution in [0, 0.1) is 13.8 Å². The fraction of sp³-hybridized carbons (Fsp3) is 0.350. The number of pyridine rings is 1. The lowest BCUT2D eigenvalue weighted by Crippen LogP contribution is -2.35. The summed E-state index contributed by atoms with van der Waals surface area (Å²) in [6, 6.07) is 7.93. The van der Waals surface area contributed by atoms with Crippen molar-refractivity contribution in [3.05, 3.63) is 47.7 Å². The highest BCUT2D eigenvalue weighted by atomic mass is 32.2. The number of imide groups is 1. The molecule has 1 aromatic carbocycles. The first kappa shape index (κ1) is 23.8. The highest BCUT2D eigenvalue weighted by Crippen LogP contribution is 2.20. The minimum absolute atomic E-state index is 0.0324. The lowest BCUT2D eigenvalue weighted by molar-refractivity contribution is -0.117. The van der Waals surface area contributed by atoms with Crippen molar-refractivity contribution < 1.29 is 18.0 Å². The van der Waals surface area contributed by atoms with E-state index >= 15 is 0 Å². The van der Waals surface area contributed by atoms with Crippen LogP contribution in [-0.2, 0) is 14.8 Å². The number of hydrogen-bond acceptors (Lipinski definition) is 6. The molecule has 0 aliphatic rings. The molecule has 30 heavy (non-hydrogen) atoms. The molecule has 1 heterocycles. The molecule has 1 aromatic heterocycles. The number of aryl methyl sites for hydroxylation is 1. The second-order valence-electron chi connectivity index (χ2n) is 6.46. The molecule has 0 saturated carbocycles. The van der Waals surface area contributed by atoms with Gasteiger partial charge in [-0.3, -0.25) is 10.1 Å². The van der Waals surface area contributed by atoms with Gasteiger partial charge in [-0.25, -0.2) is 18.2 Å². The Balaban J connectivity index is 1.90. The van der Waals surface area contributed by atoms with Gasteiger partial charge in [-0.2, -0.15) is 4.31 Å². The summed E-state index contributed by atoms with van der Waals surface area (Å²) >= 11 is 1.11. The number of urea groups is 1. The van der Waals surface area contributed by atoms with E-state index in [2.05, 4.69) is 15.6 Å². The van der Waals surface area contributed by atoms with Crippen molar-refractivity contribution in [3.63, 3.8) is 0 Å². The van der Waals surface area contributed by atoms with Gasteiger partial charge >= 0.3 is 6.03 Å². The minimum atomic E-state index is -3.57. The topological polar surface area (TPSA) is 108 Å². The van der Waals surface area contributed by atoms with Crippen molar-refractivity contribution in [1.29, 1.82) is 0 Å². The zero-order chi connectivity index (χ0) is 22.3. The summed E-state index contributed by atoms with van der Waals surface area (Å²) in [5.74, 6) is -0.514. The van der Waals surface area contributed by atoms with Crippen LogP contribution in [0.15, 0.2) is 46.5 Å². The molecule has 8 nitrogen and oxygen atoms in total. The van der Waals surface area contributed by atoms with Gasteiger partial charge in [-0.15, -0.1) is 0 Å². The number of nitrogens with zero attached hydrogens (tertiary/aromatic N) is 2. The fourth-order valence-corrected chi connectivity index (χ4v) is 4.71. The van der Waals surface area contributed by atoms with E-state index in [-0.39, 0.29) is 10.6 Å². The predicted molar refractivity (Wildman–Crippen MR) is 118 cm³/mol. The zero-order valence-electron chi connectivity index (χ0n) is 17.4. The molecule has 0 unspecified atom stereocenters. The van der Waals surface area contributed by atoms with Crippen LogP contribution in [0.1, 0.15) is 25.0 Å². The van der Waals surface area contributed by atoms with E-state index < -0.39 is 22.0 Å². The third kappa shape index (κ3) is 6.04. The van der Waals surface area contributed by atoms with Crippen molar-refractivity contribution in [2.75, 3.05) is 24.2 Å². The van der Waals surface area contributed by atoms with Gasteiger partial charge in [0.15, 0.2) is 0 Å². The molecule has 10 heteroatoms. The van der Waals surface area contributed by atoms with Gasteiger partial charge < -0.3 is 5.32 Å². The molecule has 0 saturated heterocycles. The summed E-state index contributed by atoms with van der Waals surface area (Å²) in [4.78, 5) is 28.3. The average molecular weight is 451 g/mol. The van der Waals surface area contributed by atoms with E-state index in [0.29, 0.717) is 23.8 Å². The lowest BCUT2D eigenvalue weighted by Gasteiger charge is -2.18. The van der Waals surface area contributed by atoms with E-state index in [1.807, 2.05) is 26.0 Å².